The predicted octanol–water partition coefficient (Wildman–Crippen LogP) is 6.09. The van der Waals surface area contributed by atoms with Crippen LogP contribution in [0.4, 0.5) is 0 Å². The molecule has 0 heterocycles. The van der Waals surface area contributed by atoms with Crippen LogP contribution in [0.15, 0.2) is 0 Å². The van der Waals surface area contributed by atoms with Gasteiger partial charge in [0.25, 0.3) is 0 Å². The molecule has 0 aliphatic heterocycles. The number of fused-ring (bicyclic) bond motifs is 3. The van der Waals surface area contributed by atoms with Crippen molar-refractivity contribution in [1.29, 1.82) is 0 Å². The number of rotatable bonds is 7. The molecule has 37 heavy (non-hydrogen) atoms. The molecule has 0 spiro atoms. The third-order valence-corrected chi connectivity index (χ3v) is 11.0. The second kappa shape index (κ2) is 12.4. The summed E-state index contributed by atoms with van der Waals surface area (Å²) in [6, 6.07) is 0. The first-order valence-corrected chi connectivity index (χ1v) is 15.5. The summed E-state index contributed by atoms with van der Waals surface area (Å²) in [7, 11) is 1.77. The molecule has 0 aromatic carbocycles. The standard InChI is InChI=1S/C31H50O6/c1-4-35-23-11-7-21(8-12-23)31(33)37-25-14-16-27-26-15-13-24(17-28(26)19(2)29(27)18-25)36-30(32)20-5-9-22(34-3)10-6-20/h19-29H,4-18H2,1-3H3. The minimum atomic E-state index is 0.0309. The summed E-state index contributed by atoms with van der Waals surface area (Å²) >= 11 is 0. The molecule has 0 amide bonds. The van der Waals surface area contributed by atoms with Gasteiger partial charge in [0.2, 0.25) is 0 Å². The van der Waals surface area contributed by atoms with Crippen LogP contribution < -0.4 is 0 Å². The molecule has 0 N–H and O–H groups in total. The number of hydrogen-bond acceptors (Lipinski definition) is 6. The summed E-state index contributed by atoms with van der Waals surface area (Å²) in [5.74, 6) is 3.54. The Morgan fingerprint density at radius 3 is 1.46 bits per heavy atom. The van der Waals surface area contributed by atoms with E-state index < -0.39 is 0 Å². The van der Waals surface area contributed by atoms with Crippen LogP contribution in [-0.4, -0.2) is 50.1 Å². The van der Waals surface area contributed by atoms with E-state index in [1.165, 1.54) is 12.8 Å². The summed E-state index contributed by atoms with van der Waals surface area (Å²) in [6.07, 6.45) is 14.7. The van der Waals surface area contributed by atoms with E-state index in [2.05, 4.69) is 6.92 Å². The van der Waals surface area contributed by atoms with E-state index in [0.29, 0.717) is 30.0 Å². The average Bonchev–Trinajstić information content (AvgIpc) is 3.20. The second-order valence-electron chi connectivity index (χ2n) is 12.9. The van der Waals surface area contributed by atoms with E-state index in [1.807, 2.05) is 6.92 Å². The number of esters is 2. The second-order valence-corrected chi connectivity index (χ2v) is 12.9. The van der Waals surface area contributed by atoms with Gasteiger partial charge >= 0.3 is 11.9 Å². The molecule has 6 nitrogen and oxygen atoms in total. The van der Waals surface area contributed by atoms with E-state index in [9.17, 15) is 9.59 Å². The van der Waals surface area contributed by atoms with Crippen LogP contribution in [0.3, 0.4) is 0 Å². The smallest absolute Gasteiger partial charge is 0.309 e. The van der Waals surface area contributed by atoms with Crippen molar-refractivity contribution >= 4 is 11.9 Å². The highest BCUT2D eigenvalue weighted by Crippen LogP contribution is 2.57. The quantitative estimate of drug-likeness (QED) is 0.380. The first-order valence-electron chi connectivity index (χ1n) is 15.5. The molecule has 5 rings (SSSR count). The zero-order valence-electron chi connectivity index (χ0n) is 23.4. The molecule has 0 radical (unpaired) electrons. The largest absolute Gasteiger partial charge is 0.462 e. The third-order valence-electron chi connectivity index (χ3n) is 11.0. The molecule has 0 aromatic heterocycles. The molecule has 7 unspecified atom stereocenters. The van der Waals surface area contributed by atoms with Crippen molar-refractivity contribution in [2.75, 3.05) is 13.7 Å². The zero-order valence-corrected chi connectivity index (χ0v) is 23.4. The lowest BCUT2D eigenvalue weighted by atomic mass is 9.72. The number of methoxy groups -OCH3 is 1. The zero-order chi connectivity index (χ0) is 25.9. The molecule has 6 heteroatoms. The number of carbonyl (C=O) groups is 2. The Bertz CT molecular complexity index is 768. The Morgan fingerprint density at radius 2 is 1.03 bits per heavy atom. The molecular weight excluding hydrogens is 468 g/mol. The molecule has 5 aliphatic carbocycles. The van der Waals surface area contributed by atoms with E-state index in [-0.39, 0.29) is 36.0 Å². The van der Waals surface area contributed by atoms with Crippen molar-refractivity contribution in [2.24, 2.45) is 41.4 Å². The Labute approximate surface area is 223 Å². The summed E-state index contributed by atoms with van der Waals surface area (Å²) in [5.41, 5.74) is 0. The van der Waals surface area contributed by atoms with Gasteiger partial charge in [0.15, 0.2) is 0 Å². The van der Waals surface area contributed by atoms with Crippen LogP contribution in [0.25, 0.3) is 0 Å². The SMILES string of the molecule is CCOC1CCC(C(=O)OC2CCC3C(C2)C(C)C2CC(OC(=O)C4CCC(OC)CC4)CCC23)CC1. The lowest BCUT2D eigenvalue weighted by Crippen LogP contribution is -2.36. The van der Waals surface area contributed by atoms with Crippen LogP contribution in [0.5, 0.6) is 0 Å². The van der Waals surface area contributed by atoms with E-state index in [1.54, 1.807) is 7.11 Å². The van der Waals surface area contributed by atoms with Gasteiger partial charge in [-0.3, -0.25) is 9.59 Å². The summed E-state index contributed by atoms with van der Waals surface area (Å²) < 4.78 is 23.5. The monoisotopic (exact) mass is 518 g/mol. The maximum Gasteiger partial charge on any atom is 0.309 e. The fourth-order valence-electron chi connectivity index (χ4n) is 8.94. The molecule has 7 atom stereocenters. The van der Waals surface area contributed by atoms with Gasteiger partial charge in [-0.05, 0) is 126 Å². The van der Waals surface area contributed by atoms with Crippen molar-refractivity contribution < 1.29 is 28.5 Å². The van der Waals surface area contributed by atoms with Crippen molar-refractivity contribution in [3.63, 3.8) is 0 Å². The first kappa shape index (κ1) is 27.4. The van der Waals surface area contributed by atoms with Gasteiger partial charge in [0, 0.05) is 13.7 Å². The Morgan fingerprint density at radius 1 is 0.595 bits per heavy atom. The van der Waals surface area contributed by atoms with Crippen LogP contribution >= 0.6 is 0 Å². The first-order chi connectivity index (χ1) is 18.0. The summed E-state index contributed by atoms with van der Waals surface area (Å²) in [6.45, 7) is 5.21. The van der Waals surface area contributed by atoms with Crippen molar-refractivity contribution in [3.8, 4) is 0 Å². The van der Waals surface area contributed by atoms with Gasteiger partial charge < -0.3 is 18.9 Å². The predicted molar refractivity (Wildman–Crippen MR) is 141 cm³/mol. The molecule has 5 fully saturated rings. The fraction of sp³-hybridized carbons (Fsp3) is 0.935. The maximum absolute atomic E-state index is 12.9. The lowest BCUT2D eigenvalue weighted by Gasteiger charge is -2.38. The molecule has 210 valence electrons. The molecular formula is C31H50O6. The van der Waals surface area contributed by atoms with E-state index in [4.69, 9.17) is 18.9 Å². The van der Waals surface area contributed by atoms with E-state index in [0.717, 1.165) is 95.5 Å². The number of ether oxygens (including phenoxy) is 4. The Hall–Kier alpha value is -1.14. The fourth-order valence-corrected chi connectivity index (χ4v) is 8.94. The highest BCUT2D eigenvalue weighted by Gasteiger charge is 2.53. The van der Waals surface area contributed by atoms with E-state index >= 15 is 0 Å². The van der Waals surface area contributed by atoms with Gasteiger partial charge in [-0.25, -0.2) is 0 Å². The normalized spacial score (nSPS) is 43.9. The van der Waals surface area contributed by atoms with Crippen LogP contribution in [0.1, 0.15) is 104 Å². The number of carbonyl (C=O) groups excluding carboxylic acids is 2. The van der Waals surface area contributed by atoms with Gasteiger partial charge in [-0.1, -0.05) is 6.92 Å². The molecule has 5 aliphatic rings. The van der Waals surface area contributed by atoms with Crippen LogP contribution in [0.2, 0.25) is 0 Å². The van der Waals surface area contributed by atoms with Gasteiger partial charge in [-0.2, -0.15) is 0 Å². The van der Waals surface area contributed by atoms with Crippen molar-refractivity contribution in [3.05, 3.63) is 0 Å². The highest BCUT2D eigenvalue weighted by molar-refractivity contribution is 5.73. The summed E-state index contributed by atoms with van der Waals surface area (Å²) in [4.78, 5) is 25.8. The third kappa shape index (κ3) is 6.21. The summed E-state index contributed by atoms with van der Waals surface area (Å²) in [5, 5.41) is 0. The van der Waals surface area contributed by atoms with Crippen molar-refractivity contribution in [1.82, 2.24) is 0 Å². The van der Waals surface area contributed by atoms with Gasteiger partial charge in [0.1, 0.15) is 12.2 Å². The molecule has 5 saturated carbocycles. The Kier molecular flexibility index (Phi) is 9.16. The minimum Gasteiger partial charge on any atom is -0.462 e. The lowest BCUT2D eigenvalue weighted by molar-refractivity contribution is -0.160. The molecule has 0 saturated heterocycles. The van der Waals surface area contributed by atoms with Crippen LogP contribution in [0, 0.1) is 41.4 Å². The van der Waals surface area contributed by atoms with Crippen LogP contribution in [-0.2, 0) is 28.5 Å². The molecule has 0 bridgehead atoms. The van der Waals surface area contributed by atoms with Gasteiger partial charge in [-0.15, -0.1) is 0 Å². The van der Waals surface area contributed by atoms with Crippen molar-refractivity contribution in [2.45, 2.75) is 128 Å². The average molecular weight is 519 g/mol. The Balaban J connectivity index is 1.09. The number of hydrogen-bond donors (Lipinski definition) is 0. The topological polar surface area (TPSA) is 71.1 Å². The highest BCUT2D eigenvalue weighted by atomic mass is 16.5. The van der Waals surface area contributed by atoms with Gasteiger partial charge in [0.05, 0.1) is 24.0 Å². The molecule has 0 aromatic rings. The maximum atomic E-state index is 12.9. The minimum absolute atomic E-state index is 0.0309.